The Bertz CT molecular complexity index is 941. The summed E-state index contributed by atoms with van der Waals surface area (Å²) in [4.78, 5) is 0.0566. The fraction of sp³-hybridized carbons (Fsp3) is 0.316. The molecule has 0 aromatic heterocycles. The lowest BCUT2D eigenvalue weighted by atomic mass is 10.2. The van der Waals surface area contributed by atoms with Crippen LogP contribution in [0.2, 0.25) is 5.02 Å². The Hall–Kier alpha value is -2.07. The van der Waals surface area contributed by atoms with Crippen molar-refractivity contribution in [2.45, 2.75) is 29.9 Å². The third kappa shape index (κ3) is 4.01. The summed E-state index contributed by atoms with van der Waals surface area (Å²) in [6, 6.07) is 11.7. The average Bonchev–Trinajstić information content (AvgIpc) is 2.62. The minimum atomic E-state index is -3.61. The third-order valence-corrected chi connectivity index (χ3v) is 6.85. The SMILES string of the molecule is Cc1cc(Cl)cc(Oc2ccc(C#N)cc2S(=O)(=O)C2CCNCC2)c1. The molecule has 26 heavy (non-hydrogen) atoms. The van der Waals surface area contributed by atoms with E-state index in [1.807, 2.05) is 13.0 Å². The smallest absolute Gasteiger partial charge is 0.185 e. The number of sulfone groups is 1. The predicted octanol–water partition coefficient (Wildman–Crippen LogP) is 3.84. The van der Waals surface area contributed by atoms with Crippen molar-refractivity contribution in [2.24, 2.45) is 0 Å². The van der Waals surface area contributed by atoms with Crippen LogP contribution in [0.4, 0.5) is 0 Å². The number of rotatable bonds is 4. The predicted molar refractivity (Wildman–Crippen MR) is 100 cm³/mol. The van der Waals surface area contributed by atoms with Crippen molar-refractivity contribution in [3.63, 3.8) is 0 Å². The summed E-state index contributed by atoms with van der Waals surface area (Å²) >= 11 is 6.07. The first-order chi connectivity index (χ1) is 12.4. The fourth-order valence-corrected chi connectivity index (χ4v) is 5.23. The fourth-order valence-electron chi connectivity index (χ4n) is 3.06. The van der Waals surface area contributed by atoms with Crippen LogP contribution in [0.3, 0.4) is 0 Å². The zero-order valence-corrected chi connectivity index (χ0v) is 15.9. The molecule has 3 rings (SSSR count). The molecule has 0 radical (unpaired) electrons. The number of hydrogen-bond acceptors (Lipinski definition) is 5. The highest BCUT2D eigenvalue weighted by Gasteiger charge is 2.32. The molecule has 7 heteroatoms. The molecule has 1 saturated heterocycles. The van der Waals surface area contributed by atoms with Gasteiger partial charge in [0, 0.05) is 5.02 Å². The molecule has 0 amide bonds. The molecule has 0 atom stereocenters. The van der Waals surface area contributed by atoms with Crippen molar-refractivity contribution in [3.05, 3.63) is 52.5 Å². The lowest BCUT2D eigenvalue weighted by Gasteiger charge is -2.24. The maximum Gasteiger partial charge on any atom is 0.185 e. The van der Waals surface area contributed by atoms with Gasteiger partial charge in [0.1, 0.15) is 16.4 Å². The highest BCUT2D eigenvalue weighted by Crippen LogP contribution is 2.35. The van der Waals surface area contributed by atoms with Crippen molar-refractivity contribution < 1.29 is 13.2 Å². The van der Waals surface area contributed by atoms with Gasteiger partial charge in [-0.05, 0) is 74.8 Å². The molecule has 1 aliphatic rings. The van der Waals surface area contributed by atoms with Gasteiger partial charge in [-0.15, -0.1) is 0 Å². The topological polar surface area (TPSA) is 79.2 Å². The Morgan fingerprint density at radius 2 is 1.92 bits per heavy atom. The van der Waals surface area contributed by atoms with Crippen LogP contribution in [0.1, 0.15) is 24.0 Å². The number of hydrogen-bond donors (Lipinski definition) is 1. The lowest BCUT2D eigenvalue weighted by Crippen LogP contribution is -2.35. The minimum absolute atomic E-state index is 0.0566. The molecular formula is C19H19ClN2O3S. The molecule has 2 aromatic carbocycles. The Labute approximate surface area is 158 Å². The second-order valence-electron chi connectivity index (χ2n) is 6.33. The van der Waals surface area contributed by atoms with E-state index >= 15 is 0 Å². The van der Waals surface area contributed by atoms with Crippen LogP contribution in [-0.2, 0) is 9.84 Å². The van der Waals surface area contributed by atoms with Crippen LogP contribution < -0.4 is 10.1 Å². The van der Waals surface area contributed by atoms with Gasteiger partial charge in [-0.1, -0.05) is 11.6 Å². The second kappa shape index (κ2) is 7.67. The molecule has 0 spiro atoms. The van der Waals surface area contributed by atoms with Crippen LogP contribution in [0.5, 0.6) is 11.5 Å². The summed E-state index contributed by atoms with van der Waals surface area (Å²) in [5.41, 5.74) is 1.19. The number of nitrogens with one attached hydrogen (secondary N) is 1. The number of nitrogens with zero attached hydrogens (tertiary/aromatic N) is 1. The summed E-state index contributed by atoms with van der Waals surface area (Å²) in [7, 11) is -3.61. The van der Waals surface area contributed by atoms with Gasteiger partial charge in [0.15, 0.2) is 9.84 Å². The van der Waals surface area contributed by atoms with Gasteiger partial charge in [-0.3, -0.25) is 0 Å². The quantitative estimate of drug-likeness (QED) is 0.857. The summed E-state index contributed by atoms with van der Waals surface area (Å²) in [6.45, 7) is 3.20. The van der Waals surface area contributed by atoms with Gasteiger partial charge in [0.2, 0.25) is 0 Å². The zero-order chi connectivity index (χ0) is 18.7. The van der Waals surface area contributed by atoms with Crippen molar-refractivity contribution in [2.75, 3.05) is 13.1 Å². The normalized spacial score (nSPS) is 15.4. The molecule has 5 nitrogen and oxygen atoms in total. The van der Waals surface area contributed by atoms with Gasteiger partial charge >= 0.3 is 0 Å². The lowest BCUT2D eigenvalue weighted by molar-refractivity contribution is 0.461. The Morgan fingerprint density at radius 1 is 1.19 bits per heavy atom. The van der Waals surface area contributed by atoms with Crippen LogP contribution in [0, 0.1) is 18.3 Å². The largest absolute Gasteiger partial charge is 0.456 e. The van der Waals surface area contributed by atoms with Crippen LogP contribution >= 0.6 is 11.6 Å². The Morgan fingerprint density at radius 3 is 2.58 bits per heavy atom. The van der Waals surface area contributed by atoms with Crippen LogP contribution in [-0.4, -0.2) is 26.8 Å². The second-order valence-corrected chi connectivity index (χ2v) is 8.97. The molecular weight excluding hydrogens is 372 g/mol. The average molecular weight is 391 g/mol. The monoisotopic (exact) mass is 390 g/mol. The van der Waals surface area contributed by atoms with Gasteiger partial charge in [-0.25, -0.2) is 8.42 Å². The van der Waals surface area contributed by atoms with Gasteiger partial charge < -0.3 is 10.1 Å². The van der Waals surface area contributed by atoms with E-state index in [9.17, 15) is 13.7 Å². The van der Waals surface area contributed by atoms with Gasteiger partial charge in [-0.2, -0.15) is 5.26 Å². The third-order valence-electron chi connectivity index (χ3n) is 4.35. The number of aryl methyl sites for hydroxylation is 1. The summed E-state index contributed by atoms with van der Waals surface area (Å²) in [6.07, 6.45) is 1.07. The van der Waals surface area contributed by atoms with E-state index in [1.54, 1.807) is 24.3 Å². The highest BCUT2D eigenvalue weighted by atomic mass is 35.5. The van der Waals surface area contributed by atoms with Crippen molar-refractivity contribution in [3.8, 4) is 17.6 Å². The Kier molecular flexibility index (Phi) is 5.52. The molecule has 1 fully saturated rings. The molecule has 2 aromatic rings. The van der Waals surface area contributed by atoms with Crippen molar-refractivity contribution >= 4 is 21.4 Å². The number of piperidine rings is 1. The molecule has 136 valence electrons. The van der Waals surface area contributed by atoms with E-state index < -0.39 is 15.1 Å². The van der Waals surface area contributed by atoms with Gasteiger partial charge in [0.05, 0.1) is 16.9 Å². The maximum absolute atomic E-state index is 13.2. The molecule has 0 aliphatic carbocycles. The standard InChI is InChI=1S/C19H19ClN2O3S/c1-13-8-15(20)11-16(9-13)25-18-3-2-14(12-21)10-19(18)26(23,24)17-4-6-22-7-5-17/h2-3,8-11,17,22H,4-7H2,1H3. The van der Waals surface area contributed by atoms with E-state index in [1.165, 1.54) is 12.1 Å². The van der Waals surface area contributed by atoms with E-state index in [0.29, 0.717) is 36.7 Å². The van der Waals surface area contributed by atoms with E-state index in [-0.39, 0.29) is 16.2 Å². The van der Waals surface area contributed by atoms with Crippen molar-refractivity contribution in [1.29, 1.82) is 5.26 Å². The summed E-state index contributed by atoms with van der Waals surface area (Å²) in [5, 5.41) is 12.4. The van der Waals surface area contributed by atoms with Crippen LogP contribution in [0.15, 0.2) is 41.3 Å². The van der Waals surface area contributed by atoms with E-state index in [0.717, 1.165) is 5.56 Å². The van der Waals surface area contributed by atoms with E-state index in [4.69, 9.17) is 16.3 Å². The number of nitriles is 1. The number of benzene rings is 2. The first-order valence-corrected chi connectivity index (χ1v) is 10.3. The molecule has 0 unspecified atom stereocenters. The molecule has 1 aliphatic heterocycles. The molecule has 1 N–H and O–H groups in total. The number of halogens is 1. The summed E-state index contributed by atoms with van der Waals surface area (Å²) < 4.78 is 32.2. The first-order valence-electron chi connectivity index (χ1n) is 8.34. The minimum Gasteiger partial charge on any atom is -0.456 e. The number of ether oxygens (including phenoxy) is 1. The van der Waals surface area contributed by atoms with Gasteiger partial charge in [0.25, 0.3) is 0 Å². The zero-order valence-electron chi connectivity index (χ0n) is 14.3. The maximum atomic E-state index is 13.2. The molecule has 0 saturated carbocycles. The van der Waals surface area contributed by atoms with Crippen LogP contribution in [0.25, 0.3) is 0 Å². The molecule has 0 bridgehead atoms. The van der Waals surface area contributed by atoms with Crippen molar-refractivity contribution in [1.82, 2.24) is 5.32 Å². The Balaban J connectivity index is 2.04. The van der Waals surface area contributed by atoms with E-state index in [2.05, 4.69) is 5.32 Å². The first kappa shape index (κ1) is 18.7. The highest BCUT2D eigenvalue weighted by molar-refractivity contribution is 7.92. The summed E-state index contributed by atoms with van der Waals surface area (Å²) in [5.74, 6) is 0.672. The molecule has 1 heterocycles.